The second-order valence-corrected chi connectivity index (χ2v) is 2.34. The number of benzene rings is 1. The summed E-state index contributed by atoms with van der Waals surface area (Å²) in [4.78, 5) is 4.00. The van der Waals surface area contributed by atoms with Crippen LogP contribution in [-0.4, -0.2) is 5.71 Å². The molecule has 1 aromatic carbocycles. The van der Waals surface area contributed by atoms with E-state index in [1.807, 2.05) is 30.3 Å². The molecule has 0 heterocycles. The molecule has 0 saturated carbocycles. The van der Waals surface area contributed by atoms with Gasteiger partial charge in [-0.3, -0.25) is 0 Å². The molecule has 1 aromatic rings. The fourth-order valence-electron chi connectivity index (χ4n) is 0.837. The quantitative estimate of drug-likeness (QED) is 0.637. The Kier molecular flexibility index (Phi) is 3.23. The minimum Gasteiger partial charge on any atom is -0.241 e. The molecule has 0 saturated heterocycles. The van der Waals surface area contributed by atoms with Crippen LogP contribution in [0.1, 0.15) is 6.42 Å². The van der Waals surface area contributed by atoms with Crippen LogP contribution in [0.15, 0.2) is 35.3 Å². The molecule has 0 amide bonds. The lowest BCUT2D eigenvalue weighted by Gasteiger charge is -1.91. The highest BCUT2D eigenvalue weighted by Gasteiger charge is 1.95. The molecule has 0 aliphatic rings. The average molecular weight is 169 g/mol. The number of para-hydroxylation sites is 1. The van der Waals surface area contributed by atoms with Crippen LogP contribution in [0.4, 0.5) is 5.69 Å². The van der Waals surface area contributed by atoms with Crippen LogP contribution >= 0.6 is 0 Å². The summed E-state index contributed by atoms with van der Waals surface area (Å²) in [6.45, 7) is 0. The van der Waals surface area contributed by atoms with Crippen LogP contribution in [0, 0.1) is 22.7 Å². The van der Waals surface area contributed by atoms with E-state index in [4.69, 9.17) is 10.5 Å². The third kappa shape index (κ3) is 2.76. The van der Waals surface area contributed by atoms with Gasteiger partial charge in [0.2, 0.25) is 0 Å². The van der Waals surface area contributed by atoms with E-state index in [1.165, 1.54) is 0 Å². The van der Waals surface area contributed by atoms with Crippen molar-refractivity contribution in [2.24, 2.45) is 4.99 Å². The zero-order valence-corrected chi connectivity index (χ0v) is 6.94. The summed E-state index contributed by atoms with van der Waals surface area (Å²) in [5.74, 6) is 0. The number of hydrogen-bond donors (Lipinski definition) is 0. The van der Waals surface area contributed by atoms with Gasteiger partial charge in [0.15, 0.2) is 0 Å². The first kappa shape index (κ1) is 8.96. The Morgan fingerprint density at radius 2 is 1.92 bits per heavy atom. The number of nitriles is 2. The van der Waals surface area contributed by atoms with Crippen LogP contribution in [0.2, 0.25) is 0 Å². The molecular formula is C10H7N3. The van der Waals surface area contributed by atoms with Gasteiger partial charge in [-0.05, 0) is 12.1 Å². The normalized spacial score (nSPS) is 10.2. The van der Waals surface area contributed by atoms with Gasteiger partial charge >= 0.3 is 0 Å². The molecule has 1 rings (SSSR count). The fraction of sp³-hybridized carbons (Fsp3) is 0.100. The predicted molar refractivity (Wildman–Crippen MR) is 49.4 cm³/mol. The number of hydrogen-bond acceptors (Lipinski definition) is 3. The molecule has 0 bridgehead atoms. The second kappa shape index (κ2) is 4.69. The summed E-state index contributed by atoms with van der Waals surface area (Å²) in [7, 11) is 0. The maximum absolute atomic E-state index is 8.59. The van der Waals surface area contributed by atoms with E-state index in [1.54, 1.807) is 12.1 Å². The van der Waals surface area contributed by atoms with E-state index >= 15 is 0 Å². The van der Waals surface area contributed by atoms with Gasteiger partial charge in [0.05, 0.1) is 18.2 Å². The molecule has 0 aliphatic heterocycles. The van der Waals surface area contributed by atoms with Gasteiger partial charge < -0.3 is 0 Å². The summed E-state index contributed by atoms with van der Waals surface area (Å²) in [6, 6.07) is 12.9. The average Bonchev–Trinajstić information content (AvgIpc) is 2.19. The lowest BCUT2D eigenvalue weighted by atomic mass is 10.3. The molecule has 0 N–H and O–H groups in total. The minimum absolute atomic E-state index is 0.0609. The number of aliphatic imine (C=N–C) groups is 1. The topological polar surface area (TPSA) is 59.9 Å². The molecule has 0 fully saturated rings. The molecule has 0 radical (unpaired) electrons. The Labute approximate surface area is 76.6 Å². The summed E-state index contributed by atoms with van der Waals surface area (Å²) in [5.41, 5.74) is 0.947. The van der Waals surface area contributed by atoms with Crippen LogP contribution in [-0.2, 0) is 0 Å². The monoisotopic (exact) mass is 169 g/mol. The molecule has 13 heavy (non-hydrogen) atoms. The van der Waals surface area contributed by atoms with E-state index in [9.17, 15) is 0 Å². The van der Waals surface area contributed by atoms with E-state index < -0.39 is 0 Å². The summed E-state index contributed by atoms with van der Waals surface area (Å²) in [5, 5.41) is 17.0. The molecular weight excluding hydrogens is 162 g/mol. The predicted octanol–water partition coefficient (Wildman–Crippen LogP) is 2.20. The zero-order valence-electron chi connectivity index (χ0n) is 6.94. The molecule has 0 aromatic heterocycles. The van der Waals surface area contributed by atoms with Gasteiger partial charge in [0.25, 0.3) is 0 Å². The first-order valence-electron chi connectivity index (χ1n) is 3.76. The molecule has 0 unspecified atom stereocenters. The van der Waals surface area contributed by atoms with Crippen LogP contribution in [0.25, 0.3) is 0 Å². The highest BCUT2D eigenvalue weighted by atomic mass is 14.7. The fourth-order valence-corrected chi connectivity index (χ4v) is 0.837. The van der Waals surface area contributed by atoms with E-state index in [0.717, 1.165) is 0 Å². The van der Waals surface area contributed by atoms with Crippen LogP contribution in [0.3, 0.4) is 0 Å². The Morgan fingerprint density at radius 3 is 2.46 bits per heavy atom. The summed E-state index contributed by atoms with van der Waals surface area (Å²) in [6.07, 6.45) is 0.0609. The third-order valence-corrected chi connectivity index (χ3v) is 1.40. The largest absolute Gasteiger partial charge is 0.241 e. The molecule has 0 aliphatic carbocycles. The SMILES string of the molecule is N#CCC(C#N)=Nc1ccccc1. The van der Waals surface area contributed by atoms with E-state index in [0.29, 0.717) is 5.69 Å². The zero-order chi connectivity index (χ0) is 9.52. The Hall–Kier alpha value is -2.13. The van der Waals surface area contributed by atoms with Crippen molar-refractivity contribution in [2.45, 2.75) is 6.42 Å². The van der Waals surface area contributed by atoms with Gasteiger partial charge in [0.1, 0.15) is 11.8 Å². The van der Waals surface area contributed by atoms with E-state index in [2.05, 4.69) is 4.99 Å². The molecule has 62 valence electrons. The van der Waals surface area contributed by atoms with Crippen molar-refractivity contribution in [3.63, 3.8) is 0 Å². The van der Waals surface area contributed by atoms with Gasteiger partial charge in [0, 0.05) is 0 Å². The van der Waals surface area contributed by atoms with Gasteiger partial charge in [-0.2, -0.15) is 10.5 Å². The van der Waals surface area contributed by atoms with Crippen LogP contribution in [0.5, 0.6) is 0 Å². The summed E-state index contributed by atoms with van der Waals surface area (Å²) < 4.78 is 0. The van der Waals surface area contributed by atoms with Crippen molar-refractivity contribution in [1.82, 2.24) is 0 Å². The third-order valence-electron chi connectivity index (χ3n) is 1.40. The molecule has 0 atom stereocenters. The van der Waals surface area contributed by atoms with Crippen molar-refractivity contribution >= 4 is 11.4 Å². The molecule has 3 heteroatoms. The van der Waals surface area contributed by atoms with Crippen molar-refractivity contribution in [2.75, 3.05) is 0 Å². The molecule has 3 nitrogen and oxygen atoms in total. The lowest BCUT2D eigenvalue weighted by Crippen LogP contribution is -1.89. The number of nitrogens with zero attached hydrogens (tertiary/aromatic N) is 3. The second-order valence-electron chi connectivity index (χ2n) is 2.34. The minimum atomic E-state index is 0.0609. The first-order chi connectivity index (χ1) is 6.36. The standard InChI is InChI=1S/C10H7N3/c11-7-6-10(8-12)13-9-4-2-1-3-5-9/h1-5H,6H2. The van der Waals surface area contributed by atoms with Crippen LogP contribution < -0.4 is 0 Å². The maximum Gasteiger partial charge on any atom is 0.132 e. The Bertz CT molecular complexity index is 379. The van der Waals surface area contributed by atoms with Crippen molar-refractivity contribution in [3.05, 3.63) is 30.3 Å². The highest BCUT2D eigenvalue weighted by molar-refractivity contribution is 6.01. The van der Waals surface area contributed by atoms with Gasteiger partial charge in [-0.25, -0.2) is 4.99 Å². The highest BCUT2D eigenvalue weighted by Crippen LogP contribution is 2.10. The smallest absolute Gasteiger partial charge is 0.132 e. The lowest BCUT2D eigenvalue weighted by molar-refractivity contribution is 1.37. The van der Waals surface area contributed by atoms with Crippen molar-refractivity contribution in [3.8, 4) is 12.1 Å². The Balaban J connectivity index is 2.88. The summed E-state index contributed by atoms with van der Waals surface area (Å²) >= 11 is 0. The first-order valence-corrected chi connectivity index (χ1v) is 3.76. The number of rotatable bonds is 2. The molecule has 0 spiro atoms. The van der Waals surface area contributed by atoms with Gasteiger partial charge in [-0.1, -0.05) is 18.2 Å². The van der Waals surface area contributed by atoms with E-state index in [-0.39, 0.29) is 12.1 Å². The Morgan fingerprint density at radius 1 is 1.23 bits per heavy atom. The van der Waals surface area contributed by atoms with Crippen molar-refractivity contribution in [1.29, 1.82) is 10.5 Å². The van der Waals surface area contributed by atoms with Crippen molar-refractivity contribution < 1.29 is 0 Å². The van der Waals surface area contributed by atoms with Gasteiger partial charge in [-0.15, -0.1) is 0 Å². The maximum atomic E-state index is 8.59.